The second-order valence-electron chi connectivity index (χ2n) is 2.74. The standard InChI is InChI=1S/C8H8N2O4/c1-5(8(11)12)7-3-6(10(13)14)4-9(7)2/h3-4H,1H2,2H3,(H,11,12). The first-order valence-corrected chi connectivity index (χ1v) is 3.67. The van der Waals surface area contributed by atoms with E-state index in [1.165, 1.54) is 23.9 Å². The molecule has 1 heterocycles. The van der Waals surface area contributed by atoms with Gasteiger partial charge in [0.25, 0.3) is 5.69 Å². The van der Waals surface area contributed by atoms with E-state index in [9.17, 15) is 14.9 Å². The summed E-state index contributed by atoms with van der Waals surface area (Å²) in [5.74, 6) is -1.19. The summed E-state index contributed by atoms with van der Waals surface area (Å²) in [7, 11) is 1.52. The van der Waals surface area contributed by atoms with Crippen LogP contribution < -0.4 is 0 Å². The van der Waals surface area contributed by atoms with Crippen LogP contribution in [0, 0.1) is 10.1 Å². The molecule has 74 valence electrons. The van der Waals surface area contributed by atoms with Crippen molar-refractivity contribution in [2.45, 2.75) is 0 Å². The Morgan fingerprint density at radius 3 is 2.64 bits per heavy atom. The summed E-state index contributed by atoms with van der Waals surface area (Å²) in [6, 6.07) is 1.18. The summed E-state index contributed by atoms with van der Waals surface area (Å²) >= 11 is 0. The molecule has 1 N–H and O–H groups in total. The molecular formula is C8H8N2O4. The van der Waals surface area contributed by atoms with Crippen molar-refractivity contribution in [2.75, 3.05) is 0 Å². The van der Waals surface area contributed by atoms with Crippen molar-refractivity contribution in [2.24, 2.45) is 7.05 Å². The molecule has 0 spiro atoms. The summed E-state index contributed by atoms with van der Waals surface area (Å²) in [4.78, 5) is 20.3. The highest BCUT2D eigenvalue weighted by atomic mass is 16.6. The fourth-order valence-electron chi connectivity index (χ4n) is 1.06. The largest absolute Gasteiger partial charge is 0.478 e. The minimum absolute atomic E-state index is 0.148. The number of carboxylic acids is 1. The number of hydrogen-bond donors (Lipinski definition) is 1. The molecule has 6 heteroatoms. The number of aromatic nitrogens is 1. The fourth-order valence-corrected chi connectivity index (χ4v) is 1.06. The third-order valence-corrected chi connectivity index (χ3v) is 1.77. The summed E-state index contributed by atoms with van der Waals surface area (Å²) < 4.78 is 1.36. The first-order valence-electron chi connectivity index (χ1n) is 3.67. The van der Waals surface area contributed by atoms with E-state index in [1.54, 1.807) is 0 Å². The van der Waals surface area contributed by atoms with Crippen molar-refractivity contribution >= 4 is 17.2 Å². The van der Waals surface area contributed by atoms with Gasteiger partial charge in [-0.25, -0.2) is 4.79 Å². The number of hydrogen-bond acceptors (Lipinski definition) is 3. The Labute approximate surface area is 79.2 Å². The highest BCUT2D eigenvalue weighted by Gasteiger charge is 2.17. The second-order valence-corrected chi connectivity index (χ2v) is 2.74. The molecule has 6 nitrogen and oxygen atoms in total. The number of nitrogens with zero attached hydrogens (tertiary/aromatic N) is 2. The number of rotatable bonds is 3. The van der Waals surface area contributed by atoms with Crippen LogP contribution in [0.15, 0.2) is 18.8 Å². The SMILES string of the molecule is C=C(C(=O)O)c1cc([N+](=O)[O-])cn1C. The van der Waals surface area contributed by atoms with Gasteiger partial charge in [0, 0.05) is 13.1 Å². The minimum Gasteiger partial charge on any atom is -0.478 e. The summed E-state index contributed by atoms with van der Waals surface area (Å²) in [6.45, 7) is 3.31. The van der Waals surface area contributed by atoms with Gasteiger partial charge in [0.15, 0.2) is 0 Å². The maximum Gasteiger partial charge on any atom is 0.337 e. The lowest BCUT2D eigenvalue weighted by molar-refractivity contribution is -0.384. The van der Waals surface area contributed by atoms with Crippen LogP contribution in [0.5, 0.6) is 0 Å². The quantitative estimate of drug-likeness (QED) is 0.444. The van der Waals surface area contributed by atoms with Gasteiger partial charge in [0.2, 0.25) is 0 Å². The van der Waals surface area contributed by atoms with E-state index in [4.69, 9.17) is 5.11 Å². The molecule has 0 aliphatic rings. The lowest BCUT2D eigenvalue weighted by Crippen LogP contribution is -2.02. The van der Waals surface area contributed by atoms with Gasteiger partial charge in [-0.15, -0.1) is 0 Å². The molecule has 0 fully saturated rings. The molecule has 0 radical (unpaired) electrons. The third kappa shape index (κ3) is 1.63. The molecule has 0 atom stereocenters. The van der Waals surface area contributed by atoms with Crippen molar-refractivity contribution in [3.63, 3.8) is 0 Å². The van der Waals surface area contributed by atoms with Crippen molar-refractivity contribution in [1.82, 2.24) is 4.57 Å². The maximum atomic E-state index is 10.5. The molecule has 14 heavy (non-hydrogen) atoms. The zero-order valence-electron chi connectivity index (χ0n) is 7.43. The Balaban J connectivity index is 3.17. The van der Waals surface area contributed by atoms with Crippen molar-refractivity contribution in [1.29, 1.82) is 0 Å². The van der Waals surface area contributed by atoms with Crippen LogP contribution >= 0.6 is 0 Å². The van der Waals surface area contributed by atoms with Gasteiger partial charge in [0.05, 0.1) is 22.4 Å². The summed E-state index contributed by atoms with van der Waals surface area (Å²) in [5.41, 5.74) is -0.0882. The molecule has 1 aromatic rings. The van der Waals surface area contributed by atoms with Crippen molar-refractivity contribution in [3.05, 3.63) is 34.7 Å². The molecule has 0 aliphatic carbocycles. The molecule has 0 unspecified atom stereocenters. The van der Waals surface area contributed by atoms with Gasteiger partial charge in [-0.05, 0) is 0 Å². The normalized spacial score (nSPS) is 9.79. The first-order chi connectivity index (χ1) is 6.43. The minimum atomic E-state index is -1.19. The number of nitro groups is 1. The van der Waals surface area contributed by atoms with Gasteiger partial charge in [-0.2, -0.15) is 0 Å². The fraction of sp³-hybridized carbons (Fsp3) is 0.125. The number of aryl methyl sites for hydroxylation is 1. The third-order valence-electron chi connectivity index (χ3n) is 1.77. The van der Waals surface area contributed by atoms with E-state index >= 15 is 0 Å². The second kappa shape index (κ2) is 3.33. The maximum absolute atomic E-state index is 10.5. The van der Waals surface area contributed by atoms with Crippen LogP contribution in [-0.2, 0) is 11.8 Å². The number of carboxylic acid groups (broad SMARTS) is 1. The number of carbonyl (C=O) groups is 1. The number of aliphatic carboxylic acids is 1. The van der Waals surface area contributed by atoms with Crippen LogP contribution in [0.25, 0.3) is 5.57 Å². The smallest absolute Gasteiger partial charge is 0.337 e. The molecule has 0 amide bonds. The molecule has 0 aliphatic heterocycles. The predicted octanol–water partition coefficient (Wildman–Crippen LogP) is 1.03. The van der Waals surface area contributed by atoms with E-state index in [0.717, 1.165) is 0 Å². The Kier molecular flexibility index (Phi) is 2.37. The van der Waals surface area contributed by atoms with E-state index in [0.29, 0.717) is 0 Å². The topological polar surface area (TPSA) is 85.4 Å². The lowest BCUT2D eigenvalue weighted by Gasteiger charge is -1.99. The van der Waals surface area contributed by atoms with Gasteiger partial charge < -0.3 is 9.67 Å². The van der Waals surface area contributed by atoms with Crippen molar-refractivity contribution < 1.29 is 14.8 Å². The zero-order chi connectivity index (χ0) is 10.9. The monoisotopic (exact) mass is 196 g/mol. The van der Waals surface area contributed by atoms with Crippen molar-refractivity contribution in [3.8, 4) is 0 Å². The van der Waals surface area contributed by atoms with Gasteiger partial charge in [-0.1, -0.05) is 6.58 Å². The molecule has 0 aromatic carbocycles. The summed E-state index contributed by atoms with van der Waals surface area (Å²) in [5, 5.41) is 19.0. The van der Waals surface area contributed by atoms with E-state index in [-0.39, 0.29) is 17.0 Å². The Morgan fingerprint density at radius 2 is 2.29 bits per heavy atom. The van der Waals surface area contributed by atoms with E-state index < -0.39 is 10.9 Å². The van der Waals surface area contributed by atoms with Crippen LogP contribution in [0.2, 0.25) is 0 Å². The van der Waals surface area contributed by atoms with E-state index in [2.05, 4.69) is 6.58 Å². The average Bonchev–Trinajstić information content (AvgIpc) is 2.46. The molecular weight excluding hydrogens is 188 g/mol. The van der Waals surface area contributed by atoms with Crippen LogP contribution in [-0.4, -0.2) is 20.6 Å². The Morgan fingerprint density at radius 1 is 1.71 bits per heavy atom. The van der Waals surface area contributed by atoms with E-state index in [1.807, 2.05) is 0 Å². The summed E-state index contributed by atoms with van der Waals surface area (Å²) in [6.07, 6.45) is 1.24. The Hall–Kier alpha value is -2.11. The highest BCUT2D eigenvalue weighted by molar-refractivity contribution is 6.14. The molecule has 0 bridgehead atoms. The molecule has 1 aromatic heterocycles. The van der Waals surface area contributed by atoms with Crippen LogP contribution in [0.3, 0.4) is 0 Å². The van der Waals surface area contributed by atoms with Gasteiger partial charge in [-0.3, -0.25) is 10.1 Å². The van der Waals surface area contributed by atoms with Crippen LogP contribution in [0.4, 0.5) is 5.69 Å². The first kappa shape index (κ1) is 9.97. The molecule has 0 saturated heterocycles. The lowest BCUT2D eigenvalue weighted by atomic mass is 10.2. The van der Waals surface area contributed by atoms with Gasteiger partial charge >= 0.3 is 5.97 Å². The molecule has 1 rings (SSSR count). The zero-order valence-corrected chi connectivity index (χ0v) is 7.43. The van der Waals surface area contributed by atoms with Gasteiger partial charge in [0.1, 0.15) is 0 Å². The predicted molar refractivity (Wildman–Crippen MR) is 48.7 cm³/mol. The molecule has 0 saturated carbocycles. The van der Waals surface area contributed by atoms with Crippen LogP contribution in [0.1, 0.15) is 5.69 Å². The highest BCUT2D eigenvalue weighted by Crippen LogP contribution is 2.20. The Bertz CT molecular complexity index is 419. The average molecular weight is 196 g/mol.